The first-order valence-corrected chi connectivity index (χ1v) is 4.80. The first kappa shape index (κ1) is 11.5. The molecule has 1 aromatic carbocycles. The quantitative estimate of drug-likeness (QED) is 0.722. The first-order valence-electron chi connectivity index (χ1n) is 4.80. The molecule has 1 rings (SSSR count). The van der Waals surface area contributed by atoms with E-state index in [0.717, 1.165) is 0 Å². The summed E-state index contributed by atoms with van der Waals surface area (Å²) in [5.41, 5.74) is 11.0. The zero-order chi connectivity index (χ0) is 11.5. The number of primary amides is 1. The van der Waals surface area contributed by atoms with Crippen LogP contribution in [0.1, 0.15) is 12.5 Å². The van der Waals surface area contributed by atoms with E-state index in [1.807, 2.05) is 25.1 Å². The standard InChI is InChI=1S/C12H16N2O/c1-3-9(2)12(14,11(13)15)10-7-5-4-6-8-10/h3-9H,1,14H2,2H3,(H2,13,15). The van der Waals surface area contributed by atoms with Crippen molar-refractivity contribution in [3.63, 3.8) is 0 Å². The minimum absolute atomic E-state index is 0.211. The van der Waals surface area contributed by atoms with Gasteiger partial charge in [-0.2, -0.15) is 0 Å². The van der Waals surface area contributed by atoms with Gasteiger partial charge in [-0.3, -0.25) is 4.79 Å². The van der Waals surface area contributed by atoms with Crippen molar-refractivity contribution in [2.24, 2.45) is 17.4 Å². The highest BCUT2D eigenvalue weighted by atomic mass is 16.1. The maximum absolute atomic E-state index is 11.5. The molecule has 0 heterocycles. The van der Waals surface area contributed by atoms with Crippen molar-refractivity contribution in [3.8, 4) is 0 Å². The van der Waals surface area contributed by atoms with Gasteiger partial charge in [-0.25, -0.2) is 0 Å². The van der Waals surface area contributed by atoms with Crippen LogP contribution in [-0.4, -0.2) is 5.91 Å². The maximum Gasteiger partial charge on any atom is 0.242 e. The molecule has 0 aliphatic rings. The third-order valence-electron chi connectivity index (χ3n) is 2.73. The van der Waals surface area contributed by atoms with E-state index in [4.69, 9.17) is 11.5 Å². The lowest BCUT2D eigenvalue weighted by molar-refractivity contribution is -0.124. The fraction of sp³-hybridized carbons (Fsp3) is 0.250. The number of hydrogen-bond donors (Lipinski definition) is 2. The summed E-state index contributed by atoms with van der Waals surface area (Å²) in [5, 5.41) is 0. The summed E-state index contributed by atoms with van der Waals surface area (Å²) in [6, 6.07) is 9.12. The van der Waals surface area contributed by atoms with Crippen LogP contribution in [0.2, 0.25) is 0 Å². The third kappa shape index (κ3) is 1.92. The van der Waals surface area contributed by atoms with Crippen LogP contribution < -0.4 is 11.5 Å². The summed E-state index contributed by atoms with van der Waals surface area (Å²) in [6.45, 7) is 5.47. The van der Waals surface area contributed by atoms with E-state index in [2.05, 4.69) is 6.58 Å². The fourth-order valence-corrected chi connectivity index (χ4v) is 1.53. The van der Waals surface area contributed by atoms with Gasteiger partial charge in [-0.1, -0.05) is 43.3 Å². The summed E-state index contributed by atoms with van der Waals surface area (Å²) in [4.78, 5) is 11.5. The zero-order valence-electron chi connectivity index (χ0n) is 8.81. The Bertz CT molecular complexity index is 361. The second-order valence-corrected chi connectivity index (χ2v) is 3.62. The molecule has 0 spiro atoms. The van der Waals surface area contributed by atoms with Crippen molar-refractivity contribution in [3.05, 3.63) is 48.6 Å². The molecule has 80 valence electrons. The van der Waals surface area contributed by atoms with Crippen molar-refractivity contribution < 1.29 is 4.79 Å². The molecule has 0 aromatic heterocycles. The van der Waals surface area contributed by atoms with Gasteiger partial charge >= 0.3 is 0 Å². The van der Waals surface area contributed by atoms with E-state index in [1.54, 1.807) is 18.2 Å². The lowest BCUT2D eigenvalue weighted by atomic mass is 9.79. The Labute approximate surface area is 89.8 Å². The average molecular weight is 204 g/mol. The second-order valence-electron chi connectivity index (χ2n) is 3.62. The highest BCUT2D eigenvalue weighted by molar-refractivity contribution is 5.86. The number of carbonyl (C=O) groups excluding carboxylic acids is 1. The number of amides is 1. The van der Waals surface area contributed by atoms with Crippen molar-refractivity contribution in [2.75, 3.05) is 0 Å². The molecule has 15 heavy (non-hydrogen) atoms. The van der Waals surface area contributed by atoms with Crippen LogP contribution >= 0.6 is 0 Å². The molecule has 2 unspecified atom stereocenters. The van der Waals surface area contributed by atoms with Crippen LogP contribution in [-0.2, 0) is 10.3 Å². The van der Waals surface area contributed by atoms with E-state index < -0.39 is 11.4 Å². The molecule has 3 heteroatoms. The molecular formula is C12H16N2O. The SMILES string of the molecule is C=CC(C)C(N)(C(N)=O)c1ccccc1. The molecule has 0 radical (unpaired) electrons. The summed E-state index contributed by atoms with van der Waals surface area (Å²) in [6.07, 6.45) is 1.64. The van der Waals surface area contributed by atoms with Crippen LogP contribution in [0, 0.1) is 5.92 Å². The molecule has 1 amide bonds. The van der Waals surface area contributed by atoms with Crippen LogP contribution in [0.15, 0.2) is 43.0 Å². The molecule has 1 aromatic rings. The number of hydrogen-bond acceptors (Lipinski definition) is 2. The highest BCUT2D eigenvalue weighted by Crippen LogP contribution is 2.27. The molecule has 0 saturated carbocycles. The summed E-state index contributed by atoms with van der Waals surface area (Å²) >= 11 is 0. The largest absolute Gasteiger partial charge is 0.368 e. The van der Waals surface area contributed by atoms with Crippen LogP contribution in [0.4, 0.5) is 0 Å². The minimum atomic E-state index is -1.18. The Morgan fingerprint density at radius 1 is 1.47 bits per heavy atom. The van der Waals surface area contributed by atoms with Gasteiger partial charge in [0.05, 0.1) is 0 Å². The van der Waals surface area contributed by atoms with Gasteiger partial charge in [-0.15, -0.1) is 6.58 Å². The number of nitrogens with two attached hydrogens (primary N) is 2. The van der Waals surface area contributed by atoms with E-state index in [-0.39, 0.29) is 5.92 Å². The molecule has 0 aliphatic heterocycles. The Morgan fingerprint density at radius 3 is 2.40 bits per heavy atom. The van der Waals surface area contributed by atoms with Gasteiger partial charge in [0.15, 0.2) is 0 Å². The van der Waals surface area contributed by atoms with Gasteiger partial charge in [0, 0.05) is 5.92 Å². The molecular weight excluding hydrogens is 188 g/mol. The maximum atomic E-state index is 11.5. The first-order chi connectivity index (χ1) is 7.03. The lowest BCUT2D eigenvalue weighted by Gasteiger charge is -2.30. The van der Waals surface area contributed by atoms with E-state index in [0.29, 0.717) is 5.56 Å². The number of rotatable bonds is 4. The van der Waals surface area contributed by atoms with Crippen LogP contribution in [0.25, 0.3) is 0 Å². The van der Waals surface area contributed by atoms with Crippen molar-refractivity contribution in [1.29, 1.82) is 0 Å². The molecule has 4 N–H and O–H groups in total. The Hall–Kier alpha value is -1.61. The summed E-state index contributed by atoms with van der Waals surface area (Å²) < 4.78 is 0. The van der Waals surface area contributed by atoms with Crippen molar-refractivity contribution in [2.45, 2.75) is 12.5 Å². The van der Waals surface area contributed by atoms with Gasteiger partial charge in [0.2, 0.25) is 5.91 Å². The van der Waals surface area contributed by atoms with Gasteiger partial charge in [0.1, 0.15) is 5.54 Å². The summed E-state index contributed by atoms with van der Waals surface area (Å²) in [5.74, 6) is -0.751. The Balaban J connectivity index is 3.24. The normalized spacial score (nSPS) is 16.4. The van der Waals surface area contributed by atoms with E-state index in [1.165, 1.54) is 0 Å². The average Bonchev–Trinajstić information content (AvgIpc) is 2.27. The van der Waals surface area contributed by atoms with Crippen molar-refractivity contribution in [1.82, 2.24) is 0 Å². The highest BCUT2D eigenvalue weighted by Gasteiger charge is 2.38. The Kier molecular flexibility index (Phi) is 3.27. The smallest absolute Gasteiger partial charge is 0.242 e. The van der Waals surface area contributed by atoms with Crippen LogP contribution in [0.3, 0.4) is 0 Å². The van der Waals surface area contributed by atoms with Gasteiger partial charge < -0.3 is 11.5 Å². The predicted molar refractivity (Wildman–Crippen MR) is 60.9 cm³/mol. The Morgan fingerprint density at radius 2 is 2.00 bits per heavy atom. The van der Waals surface area contributed by atoms with E-state index >= 15 is 0 Å². The second kappa shape index (κ2) is 4.28. The van der Waals surface area contributed by atoms with Gasteiger partial charge in [-0.05, 0) is 5.56 Å². The monoisotopic (exact) mass is 204 g/mol. The molecule has 0 saturated heterocycles. The van der Waals surface area contributed by atoms with Gasteiger partial charge in [0.25, 0.3) is 0 Å². The molecule has 3 nitrogen and oxygen atoms in total. The molecule has 0 aliphatic carbocycles. The fourth-order valence-electron chi connectivity index (χ4n) is 1.53. The van der Waals surface area contributed by atoms with Crippen LogP contribution in [0.5, 0.6) is 0 Å². The number of benzene rings is 1. The molecule has 0 bridgehead atoms. The van der Waals surface area contributed by atoms with E-state index in [9.17, 15) is 4.79 Å². The number of carbonyl (C=O) groups is 1. The predicted octanol–water partition coefficient (Wildman–Crippen LogP) is 1.15. The molecule has 2 atom stereocenters. The molecule has 0 fully saturated rings. The topological polar surface area (TPSA) is 69.1 Å². The lowest BCUT2D eigenvalue weighted by Crippen LogP contribution is -2.53. The third-order valence-corrected chi connectivity index (χ3v) is 2.73. The van der Waals surface area contributed by atoms with Crippen molar-refractivity contribution >= 4 is 5.91 Å². The zero-order valence-corrected chi connectivity index (χ0v) is 8.81. The summed E-state index contributed by atoms with van der Waals surface area (Å²) in [7, 11) is 0. The minimum Gasteiger partial charge on any atom is -0.368 e.